The van der Waals surface area contributed by atoms with Gasteiger partial charge in [-0.2, -0.15) is 0 Å². The largest absolute Gasteiger partial charge is 0.383 e. The minimum atomic E-state index is 0.0126. The summed E-state index contributed by atoms with van der Waals surface area (Å²) >= 11 is 0. The molecule has 122 valence electrons. The Labute approximate surface area is 131 Å². The smallest absolute Gasteiger partial charge is 0.317 e. The summed E-state index contributed by atoms with van der Waals surface area (Å²) in [5.41, 5.74) is 0. The Balaban J connectivity index is 1.60. The molecule has 7 heteroatoms. The highest BCUT2D eigenvalue weighted by Gasteiger charge is 2.35. The molecule has 2 fully saturated rings. The van der Waals surface area contributed by atoms with Gasteiger partial charge in [-0.1, -0.05) is 0 Å². The van der Waals surface area contributed by atoms with Crippen molar-refractivity contribution in [3.63, 3.8) is 0 Å². The summed E-state index contributed by atoms with van der Waals surface area (Å²) in [5, 5.41) is 3.14. The third-order valence-electron chi connectivity index (χ3n) is 4.62. The van der Waals surface area contributed by atoms with E-state index in [1.54, 1.807) is 13.3 Å². The number of imidazole rings is 1. The molecule has 1 aromatic heterocycles. The summed E-state index contributed by atoms with van der Waals surface area (Å²) in [7, 11) is 3.75. The Bertz CT molecular complexity index is 488. The number of methoxy groups -OCH3 is 1. The number of aromatic nitrogens is 2. The van der Waals surface area contributed by atoms with Crippen LogP contribution in [0.4, 0.5) is 4.79 Å². The van der Waals surface area contributed by atoms with Crippen LogP contribution in [-0.2, 0) is 4.74 Å². The number of hydrogen-bond acceptors (Lipinski definition) is 4. The van der Waals surface area contributed by atoms with Gasteiger partial charge in [0.15, 0.2) is 0 Å². The van der Waals surface area contributed by atoms with E-state index in [4.69, 9.17) is 4.74 Å². The third kappa shape index (κ3) is 3.41. The Kier molecular flexibility index (Phi) is 4.63. The van der Waals surface area contributed by atoms with Crippen LogP contribution < -0.4 is 5.32 Å². The summed E-state index contributed by atoms with van der Waals surface area (Å²) in [6.07, 6.45) is 5.95. The molecule has 22 heavy (non-hydrogen) atoms. The van der Waals surface area contributed by atoms with E-state index in [1.807, 2.05) is 11.1 Å². The molecule has 0 aromatic carbocycles. The molecule has 0 unspecified atom stereocenters. The van der Waals surface area contributed by atoms with Crippen molar-refractivity contribution in [2.24, 2.45) is 5.92 Å². The van der Waals surface area contributed by atoms with Gasteiger partial charge in [0, 0.05) is 39.1 Å². The quantitative estimate of drug-likeness (QED) is 0.845. The van der Waals surface area contributed by atoms with Gasteiger partial charge in [0.05, 0.1) is 18.7 Å². The number of rotatable bonds is 5. The summed E-state index contributed by atoms with van der Waals surface area (Å²) < 4.78 is 5.23. The molecular weight excluding hydrogens is 282 g/mol. The first kappa shape index (κ1) is 15.3. The minimum absolute atomic E-state index is 0.0126. The number of hydrogen-bond donors (Lipinski definition) is 2. The van der Waals surface area contributed by atoms with Crippen LogP contribution in [0.15, 0.2) is 12.4 Å². The number of H-pyrrole nitrogens is 1. The summed E-state index contributed by atoms with van der Waals surface area (Å²) in [6, 6.07) is 0.272. The van der Waals surface area contributed by atoms with Crippen molar-refractivity contribution in [3.05, 3.63) is 18.2 Å². The fourth-order valence-electron chi connectivity index (χ4n) is 3.04. The van der Waals surface area contributed by atoms with Crippen molar-refractivity contribution >= 4 is 6.03 Å². The number of ether oxygens (including phenoxy) is 1. The van der Waals surface area contributed by atoms with Gasteiger partial charge in [-0.15, -0.1) is 0 Å². The Morgan fingerprint density at radius 1 is 1.55 bits per heavy atom. The fourth-order valence-corrected chi connectivity index (χ4v) is 3.04. The molecule has 0 radical (unpaired) electrons. The average molecular weight is 307 g/mol. The molecule has 1 aliphatic heterocycles. The SMILES string of the molecule is COC[C@@H](NC(=O)N1CCN(C)[C@@H](c2ncc[nH]2)C1)C1CC1. The van der Waals surface area contributed by atoms with Crippen molar-refractivity contribution in [2.45, 2.75) is 24.9 Å². The van der Waals surface area contributed by atoms with Crippen molar-refractivity contribution in [3.8, 4) is 0 Å². The van der Waals surface area contributed by atoms with E-state index < -0.39 is 0 Å². The van der Waals surface area contributed by atoms with Gasteiger partial charge in [-0.25, -0.2) is 9.78 Å². The number of likely N-dealkylation sites (N-methyl/N-ethyl adjacent to an activating group) is 1. The zero-order chi connectivity index (χ0) is 15.5. The molecule has 0 spiro atoms. The van der Waals surface area contributed by atoms with Crippen molar-refractivity contribution in [1.29, 1.82) is 0 Å². The first-order chi connectivity index (χ1) is 10.7. The van der Waals surface area contributed by atoms with Crippen molar-refractivity contribution in [1.82, 2.24) is 25.1 Å². The van der Waals surface area contributed by atoms with E-state index >= 15 is 0 Å². The van der Waals surface area contributed by atoms with E-state index in [0.717, 1.165) is 18.9 Å². The highest BCUT2D eigenvalue weighted by Crippen LogP contribution is 2.33. The van der Waals surface area contributed by atoms with Crippen LogP contribution in [0.5, 0.6) is 0 Å². The second kappa shape index (κ2) is 6.66. The number of aromatic amines is 1. The molecule has 0 bridgehead atoms. The molecule has 1 saturated heterocycles. The Hall–Kier alpha value is -1.60. The monoisotopic (exact) mass is 307 g/mol. The van der Waals surface area contributed by atoms with Crippen molar-refractivity contribution < 1.29 is 9.53 Å². The van der Waals surface area contributed by atoms with Crippen LogP contribution in [0.3, 0.4) is 0 Å². The lowest BCUT2D eigenvalue weighted by Gasteiger charge is -2.39. The van der Waals surface area contributed by atoms with E-state index in [1.165, 1.54) is 12.8 Å². The van der Waals surface area contributed by atoms with Gasteiger partial charge in [0.1, 0.15) is 5.82 Å². The maximum Gasteiger partial charge on any atom is 0.317 e. The average Bonchev–Trinajstić information content (AvgIpc) is 3.22. The highest BCUT2D eigenvalue weighted by molar-refractivity contribution is 5.74. The third-order valence-corrected chi connectivity index (χ3v) is 4.62. The number of carbonyl (C=O) groups excluding carboxylic acids is 1. The Morgan fingerprint density at radius 2 is 2.36 bits per heavy atom. The molecule has 2 amide bonds. The van der Waals surface area contributed by atoms with Crippen LogP contribution in [-0.4, -0.2) is 72.2 Å². The lowest BCUT2D eigenvalue weighted by atomic mass is 10.1. The van der Waals surface area contributed by atoms with E-state index in [0.29, 0.717) is 19.1 Å². The number of carbonyl (C=O) groups is 1. The maximum absolute atomic E-state index is 12.5. The van der Waals surface area contributed by atoms with Gasteiger partial charge in [0.25, 0.3) is 0 Å². The van der Waals surface area contributed by atoms with Crippen LogP contribution in [0.1, 0.15) is 24.7 Å². The van der Waals surface area contributed by atoms with E-state index in [9.17, 15) is 4.79 Å². The lowest BCUT2D eigenvalue weighted by Crippen LogP contribution is -2.54. The Morgan fingerprint density at radius 3 is 3.00 bits per heavy atom. The zero-order valence-electron chi connectivity index (χ0n) is 13.3. The number of piperazine rings is 1. The summed E-state index contributed by atoms with van der Waals surface area (Å²) in [4.78, 5) is 24.2. The molecule has 2 N–H and O–H groups in total. The van der Waals surface area contributed by atoms with Gasteiger partial charge >= 0.3 is 6.03 Å². The second-order valence-corrected chi connectivity index (χ2v) is 6.27. The van der Waals surface area contributed by atoms with Crippen molar-refractivity contribution in [2.75, 3.05) is 40.4 Å². The molecule has 7 nitrogen and oxygen atoms in total. The molecule has 2 heterocycles. The predicted octanol–water partition coefficient (Wildman–Crippen LogP) is 0.833. The topological polar surface area (TPSA) is 73.5 Å². The van der Waals surface area contributed by atoms with Gasteiger partial charge in [-0.3, -0.25) is 4.90 Å². The van der Waals surface area contributed by atoms with E-state index in [2.05, 4.69) is 27.2 Å². The second-order valence-electron chi connectivity index (χ2n) is 6.27. The van der Waals surface area contributed by atoms with Gasteiger partial charge < -0.3 is 19.9 Å². The molecule has 3 rings (SSSR count). The number of amides is 2. The fraction of sp³-hybridized carbons (Fsp3) is 0.733. The molecule has 1 aromatic rings. The van der Waals surface area contributed by atoms with Crippen LogP contribution in [0.25, 0.3) is 0 Å². The standard InChI is InChI=1S/C15H25N5O2/c1-19-7-8-20(9-13(19)14-16-5-6-17-14)15(21)18-12(10-22-2)11-3-4-11/h5-6,11-13H,3-4,7-10H2,1-2H3,(H,16,17)(H,18,21)/t12-,13-/m1/s1. The van der Waals surface area contributed by atoms with E-state index in [-0.39, 0.29) is 18.1 Å². The minimum Gasteiger partial charge on any atom is -0.383 e. The highest BCUT2D eigenvalue weighted by atomic mass is 16.5. The number of urea groups is 1. The molecule has 2 aliphatic rings. The lowest BCUT2D eigenvalue weighted by molar-refractivity contribution is 0.0987. The maximum atomic E-state index is 12.5. The number of nitrogens with one attached hydrogen (secondary N) is 2. The molecule has 2 atom stereocenters. The normalized spacial score (nSPS) is 24.3. The molecule has 1 saturated carbocycles. The predicted molar refractivity (Wildman–Crippen MR) is 82.5 cm³/mol. The summed E-state index contributed by atoms with van der Waals surface area (Å²) in [5.74, 6) is 1.49. The first-order valence-corrected chi connectivity index (χ1v) is 7.93. The molecular formula is C15H25N5O2. The molecule has 1 aliphatic carbocycles. The number of nitrogens with zero attached hydrogens (tertiary/aromatic N) is 3. The van der Waals surface area contributed by atoms with Crippen LogP contribution in [0, 0.1) is 5.92 Å². The zero-order valence-corrected chi connectivity index (χ0v) is 13.3. The van der Waals surface area contributed by atoms with Gasteiger partial charge in [0.2, 0.25) is 0 Å². The first-order valence-electron chi connectivity index (χ1n) is 7.93. The summed E-state index contributed by atoms with van der Waals surface area (Å²) in [6.45, 7) is 2.83. The van der Waals surface area contributed by atoms with Crippen LogP contribution >= 0.6 is 0 Å². The van der Waals surface area contributed by atoms with Gasteiger partial charge in [-0.05, 0) is 25.8 Å². The van der Waals surface area contributed by atoms with Crippen LogP contribution in [0.2, 0.25) is 0 Å².